The number of nitro benzene ring substituents is 1. The van der Waals surface area contributed by atoms with Gasteiger partial charge in [0.05, 0.1) is 16.9 Å². The highest BCUT2D eigenvalue weighted by Crippen LogP contribution is 2.31. The summed E-state index contributed by atoms with van der Waals surface area (Å²) >= 11 is 0. The van der Waals surface area contributed by atoms with Crippen molar-refractivity contribution in [3.8, 4) is 5.75 Å². The molecule has 7 nitrogen and oxygen atoms in total. The Kier molecular flexibility index (Phi) is 4.32. The lowest BCUT2D eigenvalue weighted by Crippen LogP contribution is -2.26. The van der Waals surface area contributed by atoms with E-state index in [2.05, 4.69) is 4.98 Å². The van der Waals surface area contributed by atoms with Crippen LogP contribution in [0.5, 0.6) is 5.75 Å². The maximum absolute atomic E-state index is 11.6. The number of non-ortho nitro benzene ring substituents is 1. The SMILES string of the molecule is CCOC(=O)C(C)Oc1ccc([N+](=O)[O-])c2cccnc12. The first-order chi connectivity index (χ1) is 10.0. The van der Waals surface area contributed by atoms with E-state index in [0.717, 1.165) is 0 Å². The Morgan fingerprint density at radius 1 is 1.43 bits per heavy atom. The molecule has 110 valence electrons. The van der Waals surface area contributed by atoms with Crippen LogP contribution in [0.15, 0.2) is 30.5 Å². The lowest BCUT2D eigenvalue weighted by atomic mass is 10.1. The zero-order valence-corrected chi connectivity index (χ0v) is 11.6. The molecule has 0 aliphatic rings. The first kappa shape index (κ1) is 14.7. The van der Waals surface area contributed by atoms with E-state index in [9.17, 15) is 14.9 Å². The molecule has 0 amide bonds. The highest BCUT2D eigenvalue weighted by atomic mass is 16.6. The molecule has 1 aromatic heterocycles. The van der Waals surface area contributed by atoms with Gasteiger partial charge in [-0.25, -0.2) is 4.79 Å². The van der Waals surface area contributed by atoms with Gasteiger partial charge in [0.15, 0.2) is 6.10 Å². The first-order valence-corrected chi connectivity index (χ1v) is 6.40. The molecule has 0 aliphatic heterocycles. The molecule has 1 aromatic carbocycles. The minimum atomic E-state index is -0.823. The highest BCUT2D eigenvalue weighted by Gasteiger charge is 2.20. The summed E-state index contributed by atoms with van der Waals surface area (Å²) < 4.78 is 10.4. The largest absolute Gasteiger partial charge is 0.477 e. The number of nitro groups is 1. The van der Waals surface area contributed by atoms with Crippen LogP contribution in [-0.4, -0.2) is 28.6 Å². The van der Waals surface area contributed by atoms with Gasteiger partial charge in [0.2, 0.25) is 0 Å². The van der Waals surface area contributed by atoms with Crippen molar-refractivity contribution in [1.29, 1.82) is 0 Å². The van der Waals surface area contributed by atoms with E-state index in [1.54, 1.807) is 26.0 Å². The smallest absolute Gasteiger partial charge is 0.347 e. The summed E-state index contributed by atoms with van der Waals surface area (Å²) in [6, 6.07) is 5.96. The van der Waals surface area contributed by atoms with Crippen LogP contribution in [-0.2, 0) is 9.53 Å². The minimum Gasteiger partial charge on any atom is -0.477 e. The van der Waals surface area contributed by atoms with Crippen LogP contribution in [0.4, 0.5) is 5.69 Å². The van der Waals surface area contributed by atoms with Gasteiger partial charge < -0.3 is 9.47 Å². The number of hydrogen-bond acceptors (Lipinski definition) is 6. The summed E-state index contributed by atoms with van der Waals surface area (Å²) in [7, 11) is 0. The minimum absolute atomic E-state index is 0.0609. The van der Waals surface area contributed by atoms with Gasteiger partial charge >= 0.3 is 5.97 Å². The van der Waals surface area contributed by atoms with Crippen molar-refractivity contribution in [3.63, 3.8) is 0 Å². The number of esters is 1. The summed E-state index contributed by atoms with van der Waals surface area (Å²) in [6.07, 6.45) is 0.685. The van der Waals surface area contributed by atoms with Crippen molar-refractivity contribution in [2.45, 2.75) is 20.0 Å². The third-order valence-corrected chi connectivity index (χ3v) is 2.83. The second kappa shape index (κ2) is 6.17. The molecule has 7 heteroatoms. The Morgan fingerprint density at radius 3 is 2.86 bits per heavy atom. The third kappa shape index (κ3) is 3.07. The van der Waals surface area contributed by atoms with Crippen LogP contribution in [0.2, 0.25) is 0 Å². The second-order valence-corrected chi connectivity index (χ2v) is 4.25. The van der Waals surface area contributed by atoms with Crippen LogP contribution in [0, 0.1) is 10.1 Å². The molecule has 0 saturated heterocycles. The standard InChI is InChI=1S/C14H14N2O5/c1-3-20-14(17)9(2)21-12-7-6-11(16(18)19)10-5-4-8-15-13(10)12/h4-9H,3H2,1-2H3. The van der Waals surface area contributed by atoms with Crippen LogP contribution in [0.3, 0.4) is 0 Å². The molecule has 0 saturated carbocycles. The maximum atomic E-state index is 11.6. The molecule has 1 atom stereocenters. The van der Waals surface area contributed by atoms with E-state index in [-0.39, 0.29) is 12.3 Å². The molecule has 0 aliphatic carbocycles. The van der Waals surface area contributed by atoms with Crippen LogP contribution in [0.25, 0.3) is 10.9 Å². The fraction of sp³-hybridized carbons (Fsp3) is 0.286. The first-order valence-electron chi connectivity index (χ1n) is 6.40. The Hall–Kier alpha value is -2.70. The Balaban J connectivity index is 2.40. The normalized spacial score (nSPS) is 11.9. The molecular weight excluding hydrogens is 276 g/mol. The van der Waals surface area contributed by atoms with Crippen molar-refractivity contribution in [2.75, 3.05) is 6.61 Å². The topological polar surface area (TPSA) is 91.6 Å². The summed E-state index contributed by atoms with van der Waals surface area (Å²) in [5, 5.41) is 11.4. The predicted molar refractivity (Wildman–Crippen MR) is 75.1 cm³/mol. The average Bonchev–Trinajstić information content (AvgIpc) is 2.47. The van der Waals surface area contributed by atoms with Gasteiger partial charge in [0.1, 0.15) is 11.3 Å². The molecule has 0 spiro atoms. The number of ether oxygens (including phenoxy) is 2. The predicted octanol–water partition coefficient (Wildman–Crippen LogP) is 2.47. The Labute approximate surface area is 120 Å². The Bertz CT molecular complexity index is 686. The monoisotopic (exact) mass is 290 g/mol. The number of nitrogens with zero attached hydrogens (tertiary/aromatic N) is 2. The maximum Gasteiger partial charge on any atom is 0.347 e. The van der Waals surface area contributed by atoms with Gasteiger partial charge in [-0.2, -0.15) is 0 Å². The number of carbonyl (C=O) groups is 1. The van der Waals surface area contributed by atoms with E-state index in [1.165, 1.54) is 18.3 Å². The number of pyridine rings is 1. The van der Waals surface area contributed by atoms with Crippen molar-refractivity contribution in [2.24, 2.45) is 0 Å². The van der Waals surface area contributed by atoms with Crippen molar-refractivity contribution < 1.29 is 19.2 Å². The quantitative estimate of drug-likeness (QED) is 0.477. The molecule has 1 unspecified atom stereocenters. The number of rotatable bonds is 5. The molecule has 2 aromatic rings. The molecular formula is C14H14N2O5. The lowest BCUT2D eigenvalue weighted by molar-refractivity contribution is -0.383. The molecule has 21 heavy (non-hydrogen) atoms. The van der Waals surface area contributed by atoms with Gasteiger partial charge in [-0.15, -0.1) is 0 Å². The fourth-order valence-electron chi connectivity index (χ4n) is 1.88. The van der Waals surface area contributed by atoms with E-state index >= 15 is 0 Å². The number of hydrogen-bond donors (Lipinski definition) is 0. The summed E-state index contributed by atoms with van der Waals surface area (Å²) in [5.74, 6) is -0.198. The summed E-state index contributed by atoms with van der Waals surface area (Å²) in [4.78, 5) is 26.2. The summed E-state index contributed by atoms with van der Waals surface area (Å²) in [5.41, 5.74) is 0.275. The van der Waals surface area contributed by atoms with Gasteiger partial charge in [0, 0.05) is 12.3 Å². The number of carbonyl (C=O) groups excluding carboxylic acids is 1. The van der Waals surface area contributed by atoms with Gasteiger partial charge in [-0.1, -0.05) is 0 Å². The van der Waals surface area contributed by atoms with Crippen LogP contribution in [0.1, 0.15) is 13.8 Å². The Morgan fingerprint density at radius 2 is 2.19 bits per heavy atom. The van der Waals surface area contributed by atoms with Crippen molar-refractivity contribution in [1.82, 2.24) is 4.98 Å². The molecule has 2 rings (SSSR count). The fourth-order valence-corrected chi connectivity index (χ4v) is 1.88. The van der Waals surface area contributed by atoms with Gasteiger partial charge in [0.25, 0.3) is 5.69 Å². The third-order valence-electron chi connectivity index (χ3n) is 2.83. The zero-order valence-electron chi connectivity index (χ0n) is 11.6. The van der Waals surface area contributed by atoms with E-state index in [0.29, 0.717) is 16.7 Å². The highest BCUT2D eigenvalue weighted by molar-refractivity contribution is 5.92. The van der Waals surface area contributed by atoms with Crippen molar-refractivity contribution >= 4 is 22.6 Å². The van der Waals surface area contributed by atoms with Crippen molar-refractivity contribution in [3.05, 3.63) is 40.6 Å². The average molecular weight is 290 g/mol. The number of benzene rings is 1. The van der Waals surface area contributed by atoms with Crippen LogP contribution >= 0.6 is 0 Å². The molecule has 0 fully saturated rings. The zero-order chi connectivity index (χ0) is 15.4. The molecule has 0 bridgehead atoms. The van der Waals surface area contributed by atoms with E-state index < -0.39 is 17.0 Å². The van der Waals surface area contributed by atoms with Gasteiger partial charge in [-0.05, 0) is 32.0 Å². The molecule has 0 N–H and O–H groups in total. The number of aromatic nitrogens is 1. The van der Waals surface area contributed by atoms with Gasteiger partial charge in [-0.3, -0.25) is 15.1 Å². The number of fused-ring (bicyclic) bond motifs is 1. The van der Waals surface area contributed by atoms with E-state index in [4.69, 9.17) is 9.47 Å². The van der Waals surface area contributed by atoms with E-state index in [1.807, 2.05) is 0 Å². The second-order valence-electron chi connectivity index (χ2n) is 4.25. The molecule has 1 heterocycles. The van der Waals surface area contributed by atoms with Crippen LogP contribution < -0.4 is 4.74 Å². The lowest BCUT2D eigenvalue weighted by Gasteiger charge is -2.14. The molecule has 0 radical (unpaired) electrons. The summed E-state index contributed by atoms with van der Waals surface area (Å²) in [6.45, 7) is 3.51.